The molecule has 0 unspecified atom stereocenters. The van der Waals surface area contributed by atoms with E-state index in [1.165, 1.54) is 77.9 Å². The Labute approximate surface area is 404 Å². The van der Waals surface area contributed by atoms with Crippen molar-refractivity contribution in [2.24, 2.45) is 0 Å². The topological polar surface area (TPSA) is 6.48 Å². The zero-order chi connectivity index (χ0) is 45.7. The number of hydrogen-bond acceptors (Lipinski definition) is 2. The van der Waals surface area contributed by atoms with E-state index in [-0.39, 0.29) is 0 Å². The van der Waals surface area contributed by atoms with Gasteiger partial charge < -0.3 is 9.80 Å². The van der Waals surface area contributed by atoms with Crippen molar-refractivity contribution in [3.05, 3.63) is 301 Å². The molecule has 2 aliphatic carbocycles. The number of fused-ring (bicyclic) bond motifs is 10. The van der Waals surface area contributed by atoms with E-state index >= 15 is 0 Å². The van der Waals surface area contributed by atoms with Gasteiger partial charge in [-0.25, -0.2) is 0 Å². The molecule has 0 amide bonds. The molecule has 11 aromatic carbocycles. The molecule has 0 heterocycles. The third kappa shape index (κ3) is 6.64. The molecule has 0 saturated heterocycles. The Hall–Kier alpha value is -8.98. The molecule has 0 bridgehead atoms. The van der Waals surface area contributed by atoms with E-state index in [4.69, 9.17) is 0 Å². The van der Waals surface area contributed by atoms with Crippen LogP contribution in [0.2, 0.25) is 0 Å². The van der Waals surface area contributed by atoms with Crippen molar-refractivity contribution in [3.63, 3.8) is 0 Å². The summed E-state index contributed by atoms with van der Waals surface area (Å²) in [6.45, 7) is 0. The van der Waals surface area contributed by atoms with Crippen molar-refractivity contribution in [2.45, 2.75) is 5.41 Å². The predicted octanol–water partition coefficient (Wildman–Crippen LogP) is 18.0. The monoisotopic (exact) mass is 878 g/mol. The summed E-state index contributed by atoms with van der Waals surface area (Å²) < 4.78 is 0. The molecule has 2 nitrogen and oxygen atoms in total. The third-order valence-electron chi connectivity index (χ3n) is 14.3. The molecule has 2 aliphatic rings. The molecular weight excluding hydrogens is 833 g/mol. The van der Waals surface area contributed by atoms with Gasteiger partial charge in [0, 0.05) is 34.0 Å². The van der Waals surface area contributed by atoms with Gasteiger partial charge in [-0.3, -0.25) is 0 Å². The molecule has 1 spiro atoms. The fourth-order valence-electron chi connectivity index (χ4n) is 11.2. The fraction of sp³-hybridized carbons (Fsp3) is 0.0149. The average Bonchev–Trinajstić information content (AvgIpc) is 3.90. The van der Waals surface area contributed by atoms with E-state index in [9.17, 15) is 0 Å². The Bertz CT molecular complexity index is 3570. The molecular formula is C67H46N2. The van der Waals surface area contributed by atoms with Crippen LogP contribution in [0, 0.1) is 0 Å². The quantitative estimate of drug-likeness (QED) is 0.143. The Balaban J connectivity index is 0.824. The fourth-order valence-corrected chi connectivity index (χ4v) is 11.2. The molecule has 0 fully saturated rings. The van der Waals surface area contributed by atoms with Crippen molar-refractivity contribution in [3.8, 4) is 55.6 Å². The molecule has 0 aromatic heterocycles. The van der Waals surface area contributed by atoms with E-state index in [1.54, 1.807) is 0 Å². The maximum atomic E-state index is 2.46. The number of anilines is 6. The zero-order valence-electron chi connectivity index (χ0n) is 38.0. The molecule has 11 aromatic rings. The number of para-hydroxylation sites is 3. The van der Waals surface area contributed by atoms with E-state index < -0.39 is 5.41 Å². The Morgan fingerprint density at radius 2 is 0.536 bits per heavy atom. The molecule has 324 valence electrons. The van der Waals surface area contributed by atoms with Crippen LogP contribution in [0.1, 0.15) is 22.3 Å². The first-order valence-electron chi connectivity index (χ1n) is 23.8. The molecule has 2 heteroatoms. The number of rotatable bonds is 9. The molecule has 0 radical (unpaired) electrons. The first kappa shape index (κ1) is 40.3. The smallest absolute Gasteiger partial charge is 0.0726 e. The average molecular weight is 879 g/mol. The minimum Gasteiger partial charge on any atom is -0.310 e. The lowest BCUT2D eigenvalue weighted by Crippen LogP contribution is -2.26. The largest absolute Gasteiger partial charge is 0.310 e. The normalized spacial score (nSPS) is 12.5. The van der Waals surface area contributed by atoms with Gasteiger partial charge in [-0.2, -0.15) is 0 Å². The van der Waals surface area contributed by atoms with E-state index in [1.807, 2.05) is 0 Å². The van der Waals surface area contributed by atoms with Crippen LogP contribution in [0.3, 0.4) is 0 Å². The highest BCUT2D eigenvalue weighted by molar-refractivity contribution is 5.96. The summed E-state index contributed by atoms with van der Waals surface area (Å²) in [5.74, 6) is 0. The summed E-state index contributed by atoms with van der Waals surface area (Å²) in [7, 11) is 0. The number of nitrogens with zero attached hydrogens (tertiary/aromatic N) is 2. The third-order valence-corrected chi connectivity index (χ3v) is 14.3. The van der Waals surface area contributed by atoms with Gasteiger partial charge in [0.2, 0.25) is 0 Å². The SMILES string of the molecule is c1ccc(-c2ccccc2N(c2ccccc2)c2ccc(-c3ccc(-c4ccc(N(c5ccccc5)c5ccc6c(c5)C5(c7ccccc7-c7ccccc75)c5ccccc5-6)cc4)cc3)cc2)cc1. The van der Waals surface area contributed by atoms with Crippen LogP contribution in [0.25, 0.3) is 55.6 Å². The maximum absolute atomic E-state index is 2.46. The molecule has 0 atom stereocenters. The first-order chi connectivity index (χ1) is 34.2. The lowest BCUT2D eigenvalue weighted by molar-refractivity contribution is 0.793. The van der Waals surface area contributed by atoms with Gasteiger partial charge in [-0.1, -0.05) is 212 Å². The van der Waals surface area contributed by atoms with Gasteiger partial charge in [0.15, 0.2) is 0 Å². The van der Waals surface area contributed by atoms with Gasteiger partial charge >= 0.3 is 0 Å². The van der Waals surface area contributed by atoms with E-state index in [0.29, 0.717) is 0 Å². The second kappa shape index (κ2) is 16.7. The number of benzene rings is 11. The lowest BCUT2D eigenvalue weighted by atomic mass is 9.70. The molecule has 0 saturated carbocycles. The Morgan fingerprint density at radius 3 is 1.03 bits per heavy atom. The molecule has 0 aliphatic heterocycles. The van der Waals surface area contributed by atoms with Gasteiger partial charge in [-0.05, 0) is 139 Å². The van der Waals surface area contributed by atoms with Crippen molar-refractivity contribution >= 4 is 34.1 Å². The van der Waals surface area contributed by atoms with E-state index in [0.717, 1.165) is 34.1 Å². The van der Waals surface area contributed by atoms with Gasteiger partial charge in [0.05, 0.1) is 11.1 Å². The van der Waals surface area contributed by atoms with Crippen LogP contribution in [0.5, 0.6) is 0 Å². The van der Waals surface area contributed by atoms with Crippen LogP contribution in [-0.2, 0) is 5.41 Å². The maximum Gasteiger partial charge on any atom is 0.0726 e. The van der Waals surface area contributed by atoms with Crippen LogP contribution in [0.15, 0.2) is 279 Å². The molecule has 13 rings (SSSR count). The highest BCUT2D eigenvalue weighted by atomic mass is 15.1. The minimum absolute atomic E-state index is 0.410. The Kier molecular flexibility index (Phi) is 9.77. The van der Waals surface area contributed by atoms with Crippen molar-refractivity contribution in [1.82, 2.24) is 0 Å². The number of hydrogen-bond donors (Lipinski definition) is 0. The zero-order valence-corrected chi connectivity index (χ0v) is 38.0. The second-order valence-electron chi connectivity index (χ2n) is 18.0. The van der Waals surface area contributed by atoms with Crippen LogP contribution in [-0.4, -0.2) is 0 Å². The standard InChI is InChI=1S/C67H46N2/c1-4-18-51(19-5-1)57-24-13-17-31-66(57)69(53-22-8-3-9-23-53)55-42-38-50(39-43-55)48-34-32-47(33-35-48)49-36-40-54(41-37-49)68(52-20-6-2-7-21-52)56-44-45-61-60-27-12-16-30-64(60)67(65(61)46-56)62-28-14-10-25-58(62)59-26-11-15-29-63(59)67/h1-46H. The lowest BCUT2D eigenvalue weighted by Gasteiger charge is -2.32. The summed E-state index contributed by atoms with van der Waals surface area (Å²) in [4.78, 5) is 4.75. The summed E-state index contributed by atoms with van der Waals surface area (Å²) in [5.41, 5.74) is 24.0. The van der Waals surface area contributed by atoms with Gasteiger partial charge in [-0.15, -0.1) is 0 Å². The van der Waals surface area contributed by atoms with Crippen molar-refractivity contribution < 1.29 is 0 Å². The first-order valence-corrected chi connectivity index (χ1v) is 23.8. The highest BCUT2D eigenvalue weighted by Gasteiger charge is 2.51. The molecule has 69 heavy (non-hydrogen) atoms. The van der Waals surface area contributed by atoms with Gasteiger partial charge in [0.25, 0.3) is 0 Å². The van der Waals surface area contributed by atoms with Crippen LogP contribution < -0.4 is 9.80 Å². The summed E-state index contributed by atoms with van der Waals surface area (Å²) >= 11 is 0. The van der Waals surface area contributed by atoms with Crippen molar-refractivity contribution in [2.75, 3.05) is 9.80 Å². The summed E-state index contributed by atoms with van der Waals surface area (Å²) in [6, 6.07) is 102. The minimum atomic E-state index is -0.410. The highest BCUT2D eigenvalue weighted by Crippen LogP contribution is 2.63. The van der Waals surface area contributed by atoms with Crippen LogP contribution in [0.4, 0.5) is 34.1 Å². The summed E-state index contributed by atoms with van der Waals surface area (Å²) in [5, 5.41) is 0. The van der Waals surface area contributed by atoms with E-state index in [2.05, 4.69) is 289 Å². The summed E-state index contributed by atoms with van der Waals surface area (Å²) in [6.07, 6.45) is 0. The van der Waals surface area contributed by atoms with Crippen molar-refractivity contribution in [1.29, 1.82) is 0 Å². The second-order valence-corrected chi connectivity index (χ2v) is 18.0. The van der Waals surface area contributed by atoms with Gasteiger partial charge in [0.1, 0.15) is 0 Å². The Morgan fingerprint density at radius 1 is 0.203 bits per heavy atom. The predicted molar refractivity (Wildman–Crippen MR) is 288 cm³/mol. The molecule has 0 N–H and O–H groups in total. The van der Waals surface area contributed by atoms with Crippen LogP contribution >= 0.6 is 0 Å².